The van der Waals surface area contributed by atoms with Gasteiger partial charge in [0.15, 0.2) is 0 Å². The number of hydrogen-bond donors (Lipinski definition) is 1. The molecule has 1 N–H and O–H groups in total. The molecule has 0 spiro atoms. The normalized spacial score (nSPS) is 12.3. The monoisotopic (exact) mass is 618 g/mol. The van der Waals surface area contributed by atoms with E-state index < -0.39 is 29.2 Å². The van der Waals surface area contributed by atoms with Crippen molar-refractivity contribution >= 4 is 5.91 Å². The zero-order valence-corrected chi connectivity index (χ0v) is 24.8. The first-order valence-electron chi connectivity index (χ1n) is 13.9. The number of nitrogens with one attached hydrogen (secondary N) is 1. The standard InChI is InChI=1S/C31H29F3N8O3/c1-5-24(29-36-17-23(45-29)18-39(2)3)38-28(43)26-27(25-13-14-37-41(25)21-11-9-19(16-35)10-12-21)40(4)42(30(26)44)22-8-6-7-20(15-22)31(32,33)34/h6-15,17,24H,5,18H2,1-4H3,(H,38,43)/t24-/m0/s1. The molecule has 0 bridgehead atoms. The fraction of sp³-hybridized carbons (Fsp3) is 0.258. The van der Waals surface area contributed by atoms with E-state index in [4.69, 9.17) is 4.42 Å². The summed E-state index contributed by atoms with van der Waals surface area (Å²) >= 11 is 0. The molecule has 11 nitrogen and oxygen atoms in total. The number of carbonyl (C=O) groups is 1. The molecule has 0 radical (unpaired) electrons. The molecule has 3 heterocycles. The summed E-state index contributed by atoms with van der Waals surface area (Å²) in [5.74, 6) is 0.0606. The van der Waals surface area contributed by atoms with Gasteiger partial charge in [0, 0.05) is 7.05 Å². The molecule has 0 aliphatic carbocycles. The molecule has 5 aromatic rings. The van der Waals surface area contributed by atoms with E-state index in [0.29, 0.717) is 35.7 Å². The molecule has 0 aliphatic rings. The summed E-state index contributed by atoms with van der Waals surface area (Å²) in [4.78, 5) is 34.3. The number of hydrogen-bond acceptors (Lipinski definition) is 7. The average molecular weight is 619 g/mol. The lowest BCUT2D eigenvalue weighted by atomic mass is 10.1. The zero-order valence-electron chi connectivity index (χ0n) is 24.8. The average Bonchev–Trinajstić information content (AvgIpc) is 3.73. The summed E-state index contributed by atoms with van der Waals surface area (Å²) in [5.41, 5.74) is -0.834. The minimum absolute atomic E-state index is 0.0878. The van der Waals surface area contributed by atoms with Crippen molar-refractivity contribution in [3.05, 3.63) is 106 Å². The summed E-state index contributed by atoms with van der Waals surface area (Å²) in [6.45, 7) is 2.30. The number of aromatic nitrogens is 5. The predicted octanol–water partition coefficient (Wildman–Crippen LogP) is 4.85. The topological polar surface area (TPSA) is 127 Å². The SMILES string of the molecule is CC[C@H](NC(=O)c1c(-c2ccnn2-c2ccc(C#N)cc2)n(C)n(-c2cccc(C(F)(F)F)c2)c1=O)c1ncc(CN(C)C)o1. The highest BCUT2D eigenvalue weighted by Gasteiger charge is 2.33. The molecule has 0 fully saturated rings. The van der Waals surface area contributed by atoms with Gasteiger partial charge in [-0.1, -0.05) is 13.0 Å². The van der Waals surface area contributed by atoms with Gasteiger partial charge < -0.3 is 14.6 Å². The number of oxazole rings is 1. The first kappa shape index (κ1) is 31.0. The van der Waals surface area contributed by atoms with Crippen LogP contribution in [0.15, 0.2) is 76.2 Å². The van der Waals surface area contributed by atoms with Gasteiger partial charge in [-0.25, -0.2) is 14.3 Å². The Bertz CT molecular complexity index is 1940. The summed E-state index contributed by atoms with van der Waals surface area (Å²) in [5, 5.41) is 16.4. The molecule has 45 heavy (non-hydrogen) atoms. The second-order valence-electron chi connectivity index (χ2n) is 10.5. The first-order valence-corrected chi connectivity index (χ1v) is 13.9. The lowest BCUT2D eigenvalue weighted by molar-refractivity contribution is -0.137. The minimum atomic E-state index is -4.65. The molecule has 3 aromatic heterocycles. The van der Waals surface area contributed by atoms with Gasteiger partial charge in [0.2, 0.25) is 5.89 Å². The van der Waals surface area contributed by atoms with E-state index in [9.17, 15) is 28.0 Å². The molecule has 0 saturated heterocycles. The Balaban J connectivity index is 1.66. The maximum atomic E-state index is 14.1. The number of halogens is 3. The first-order chi connectivity index (χ1) is 21.4. The molecule has 2 aromatic carbocycles. The molecule has 14 heteroatoms. The summed E-state index contributed by atoms with van der Waals surface area (Å²) in [7, 11) is 5.22. The fourth-order valence-electron chi connectivity index (χ4n) is 5.01. The number of carbonyl (C=O) groups excluding carboxylic acids is 1. The van der Waals surface area contributed by atoms with Crippen LogP contribution in [-0.4, -0.2) is 49.0 Å². The van der Waals surface area contributed by atoms with E-state index in [1.807, 2.05) is 32.0 Å². The van der Waals surface area contributed by atoms with Crippen LogP contribution in [0.25, 0.3) is 22.8 Å². The lowest BCUT2D eigenvalue weighted by Gasteiger charge is -2.15. The van der Waals surface area contributed by atoms with Crippen LogP contribution in [0.4, 0.5) is 13.2 Å². The van der Waals surface area contributed by atoms with Crippen molar-refractivity contribution in [1.82, 2.24) is 34.3 Å². The van der Waals surface area contributed by atoms with Gasteiger partial charge in [0.05, 0.1) is 53.2 Å². The Morgan fingerprint density at radius 3 is 2.51 bits per heavy atom. The van der Waals surface area contributed by atoms with Crippen molar-refractivity contribution in [3.63, 3.8) is 0 Å². The predicted molar refractivity (Wildman–Crippen MR) is 158 cm³/mol. The molecule has 0 saturated carbocycles. The Morgan fingerprint density at radius 2 is 1.87 bits per heavy atom. The van der Waals surface area contributed by atoms with E-state index >= 15 is 0 Å². The Hall–Kier alpha value is -5.42. The molecule has 5 rings (SSSR count). The van der Waals surface area contributed by atoms with E-state index in [-0.39, 0.29) is 22.8 Å². The number of benzene rings is 2. The number of rotatable bonds is 9. The Kier molecular flexibility index (Phi) is 8.47. The number of alkyl halides is 3. The van der Waals surface area contributed by atoms with E-state index in [0.717, 1.165) is 16.8 Å². The second kappa shape index (κ2) is 12.3. The summed E-state index contributed by atoms with van der Waals surface area (Å²) in [6.07, 6.45) is -1.25. The largest absolute Gasteiger partial charge is 0.442 e. The van der Waals surface area contributed by atoms with Crippen LogP contribution in [0.2, 0.25) is 0 Å². The van der Waals surface area contributed by atoms with Crippen molar-refractivity contribution < 1.29 is 22.4 Å². The fourth-order valence-corrected chi connectivity index (χ4v) is 5.01. The van der Waals surface area contributed by atoms with Crippen LogP contribution >= 0.6 is 0 Å². The molecule has 0 aliphatic heterocycles. The van der Waals surface area contributed by atoms with Gasteiger partial charge >= 0.3 is 6.18 Å². The molecular formula is C31H29F3N8O3. The van der Waals surface area contributed by atoms with Gasteiger partial charge in [0.1, 0.15) is 23.1 Å². The molecule has 1 amide bonds. The van der Waals surface area contributed by atoms with E-state index in [1.54, 1.807) is 36.5 Å². The van der Waals surface area contributed by atoms with Gasteiger partial charge in [-0.3, -0.25) is 14.3 Å². The lowest BCUT2D eigenvalue weighted by Crippen LogP contribution is -2.33. The smallest absolute Gasteiger partial charge is 0.416 e. The number of amides is 1. The summed E-state index contributed by atoms with van der Waals surface area (Å²) in [6, 6.07) is 13.7. The van der Waals surface area contributed by atoms with Crippen molar-refractivity contribution in [2.75, 3.05) is 14.1 Å². The maximum absolute atomic E-state index is 14.1. The minimum Gasteiger partial charge on any atom is -0.442 e. The van der Waals surface area contributed by atoms with Crippen LogP contribution in [0.3, 0.4) is 0 Å². The Morgan fingerprint density at radius 1 is 1.13 bits per heavy atom. The van der Waals surface area contributed by atoms with E-state index in [1.165, 1.54) is 34.7 Å². The van der Waals surface area contributed by atoms with Gasteiger partial charge in [0.25, 0.3) is 11.5 Å². The highest BCUT2D eigenvalue weighted by Crippen LogP contribution is 2.32. The van der Waals surface area contributed by atoms with Crippen molar-refractivity contribution in [2.24, 2.45) is 7.05 Å². The van der Waals surface area contributed by atoms with Crippen molar-refractivity contribution in [3.8, 4) is 28.8 Å². The Labute approximate surface area is 255 Å². The van der Waals surface area contributed by atoms with Crippen LogP contribution in [0.5, 0.6) is 0 Å². The van der Waals surface area contributed by atoms with Crippen LogP contribution in [0, 0.1) is 11.3 Å². The molecule has 1 atom stereocenters. The van der Waals surface area contributed by atoms with Gasteiger partial charge in [-0.2, -0.15) is 23.5 Å². The third-order valence-corrected chi connectivity index (χ3v) is 7.09. The second-order valence-corrected chi connectivity index (χ2v) is 10.5. The number of nitrogens with zero attached hydrogens (tertiary/aromatic N) is 7. The summed E-state index contributed by atoms with van der Waals surface area (Å²) < 4.78 is 50.5. The highest BCUT2D eigenvalue weighted by molar-refractivity contribution is 6.00. The molecule has 232 valence electrons. The van der Waals surface area contributed by atoms with Gasteiger partial charge in [-0.05, 0) is 69.0 Å². The number of nitriles is 1. The van der Waals surface area contributed by atoms with Crippen LogP contribution < -0.4 is 10.9 Å². The van der Waals surface area contributed by atoms with Crippen molar-refractivity contribution in [2.45, 2.75) is 32.1 Å². The third kappa shape index (κ3) is 6.16. The van der Waals surface area contributed by atoms with Crippen molar-refractivity contribution in [1.29, 1.82) is 5.26 Å². The van der Waals surface area contributed by atoms with Gasteiger partial charge in [-0.15, -0.1) is 0 Å². The van der Waals surface area contributed by atoms with Crippen LogP contribution in [0.1, 0.15) is 52.5 Å². The van der Waals surface area contributed by atoms with Crippen LogP contribution in [-0.2, 0) is 19.8 Å². The van der Waals surface area contributed by atoms with E-state index in [2.05, 4.69) is 15.4 Å². The third-order valence-electron chi connectivity index (χ3n) is 7.09. The highest BCUT2D eigenvalue weighted by atomic mass is 19.4. The zero-order chi connectivity index (χ0) is 32.5. The molecule has 0 unspecified atom stereocenters. The maximum Gasteiger partial charge on any atom is 0.416 e. The quantitative estimate of drug-likeness (QED) is 0.250. The molecular weight excluding hydrogens is 589 g/mol.